The summed E-state index contributed by atoms with van der Waals surface area (Å²) in [6.45, 7) is 5.43. The first-order valence-electron chi connectivity index (χ1n) is 12.3. The van der Waals surface area contributed by atoms with E-state index in [2.05, 4.69) is 40.8 Å². The van der Waals surface area contributed by atoms with Crippen LogP contribution in [0, 0.1) is 6.92 Å². The summed E-state index contributed by atoms with van der Waals surface area (Å²) in [5.74, 6) is 1.38. The first kappa shape index (κ1) is 22.9. The molecular formula is C30H32N2O3. The molecule has 2 N–H and O–H groups in total. The molecule has 1 aromatic heterocycles. The number of hydrogen-bond donors (Lipinski definition) is 2. The highest BCUT2D eigenvalue weighted by Gasteiger charge is 2.17. The van der Waals surface area contributed by atoms with Crippen molar-refractivity contribution in [1.82, 2.24) is 9.47 Å². The first-order valence-corrected chi connectivity index (χ1v) is 12.3. The van der Waals surface area contributed by atoms with Crippen LogP contribution in [0.15, 0.2) is 79.0 Å². The Hall–Kier alpha value is -3.86. The van der Waals surface area contributed by atoms with Gasteiger partial charge < -0.3 is 24.4 Å². The van der Waals surface area contributed by atoms with Gasteiger partial charge in [0.2, 0.25) is 0 Å². The molecule has 0 radical (unpaired) electrons. The molecule has 180 valence electrons. The number of aromatic hydroxyl groups is 2. The molecule has 2 heterocycles. The third-order valence-electron chi connectivity index (χ3n) is 6.73. The number of phenols is 2. The molecule has 0 bridgehead atoms. The number of nitrogens with zero attached hydrogens (tertiary/aromatic N) is 2. The van der Waals surface area contributed by atoms with E-state index in [1.807, 2.05) is 36.4 Å². The largest absolute Gasteiger partial charge is 0.508 e. The Morgan fingerprint density at radius 3 is 2.46 bits per heavy atom. The Kier molecular flexibility index (Phi) is 6.66. The van der Waals surface area contributed by atoms with E-state index in [0.717, 1.165) is 52.1 Å². The molecule has 0 saturated carbocycles. The maximum absolute atomic E-state index is 10.1. The molecule has 5 heteroatoms. The van der Waals surface area contributed by atoms with Gasteiger partial charge in [-0.1, -0.05) is 18.2 Å². The number of hydrogen-bond acceptors (Lipinski definition) is 4. The van der Waals surface area contributed by atoms with E-state index in [0.29, 0.717) is 13.2 Å². The molecule has 0 amide bonds. The van der Waals surface area contributed by atoms with Crippen LogP contribution < -0.4 is 4.74 Å². The second kappa shape index (κ2) is 10.2. The molecule has 3 aromatic carbocycles. The van der Waals surface area contributed by atoms with E-state index in [-0.39, 0.29) is 11.5 Å². The van der Waals surface area contributed by atoms with Crippen LogP contribution >= 0.6 is 0 Å². The third kappa shape index (κ3) is 5.14. The Morgan fingerprint density at radius 2 is 1.66 bits per heavy atom. The van der Waals surface area contributed by atoms with Crippen LogP contribution in [0.25, 0.3) is 22.2 Å². The summed E-state index contributed by atoms with van der Waals surface area (Å²) >= 11 is 0. The maximum Gasteiger partial charge on any atom is 0.119 e. The van der Waals surface area contributed by atoms with Crippen LogP contribution in [-0.4, -0.2) is 39.4 Å². The minimum absolute atomic E-state index is 0.245. The van der Waals surface area contributed by atoms with Gasteiger partial charge in [-0.3, -0.25) is 0 Å². The summed E-state index contributed by atoms with van der Waals surface area (Å²) in [6, 6.07) is 21.1. The summed E-state index contributed by atoms with van der Waals surface area (Å²) in [5.41, 5.74) is 5.44. The lowest BCUT2D eigenvalue weighted by atomic mass is 10.1. The lowest BCUT2D eigenvalue weighted by Gasteiger charge is -2.19. The molecule has 1 aliphatic rings. The van der Waals surface area contributed by atoms with E-state index < -0.39 is 0 Å². The molecule has 1 aliphatic heterocycles. The number of benzene rings is 3. The van der Waals surface area contributed by atoms with Gasteiger partial charge in [0.15, 0.2) is 0 Å². The summed E-state index contributed by atoms with van der Waals surface area (Å²) in [5, 5.41) is 20.9. The van der Waals surface area contributed by atoms with Crippen LogP contribution in [0.2, 0.25) is 0 Å². The monoisotopic (exact) mass is 468 g/mol. The van der Waals surface area contributed by atoms with E-state index in [1.54, 1.807) is 18.2 Å². The second-order valence-electron chi connectivity index (χ2n) is 9.22. The van der Waals surface area contributed by atoms with Crippen molar-refractivity contribution in [3.63, 3.8) is 0 Å². The normalized spacial score (nSPS) is 13.8. The number of rotatable bonds is 7. The zero-order chi connectivity index (χ0) is 24.2. The van der Waals surface area contributed by atoms with Crippen LogP contribution in [0.3, 0.4) is 0 Å². The topological polar surface area (TPSA) is 57.9 Å². The highest BCUT2D eigenvalue weighted by Crippen LogP contribution is 2.36. The number of allylic oxidation sites excluding steroid dienone is 1. The fourth-order valence-corrected chi connectivity index (χ4v) is 4.88. The number of phenolic OH excluding ortho intramolecular Hbond substituents is 2. The molecule has 35 heavy (non-hydrogen) atoms. The summed E-state index contributed by atoms with van der Waals surface area (Å²) in [4.78, 5) is 2.34. The smallest absolute Gasteiger partial charge is 0.119 e. The molecule has 0 atom stereocenters. The van der Waals surface area contributed by atoms with Gasteiger partial charge in [0.05, 0.1) is 12.2 Å². The molecule has 5 rings (SSSR count). The Bertz CT molecular complexity index is 1320. The van der Waals surface area contributed by atoms with Crippen molar-refractivity contribution in [2.24, 2.45) is 0 Å². The predicted molar refractivity (Wildman–Crippen MR) is 141 cm³/mol. The Labute approximate surface area is 206 Å². The molecule has 0 aliphatic carbocycles. The van der Waals surface area contributed by atoms with Gasteiger partial charge in [-0.15, -0.1) is 0 Å². The predicted octanol–water partition coefficient (Wildman–Crippen LogP) is 6.45. The molecule has 0 saturated heterocycles. The van der Waals surface area contributed by atoms with Gasteiger partial charge in [-0.2, -0.15) is 0 Å². The minimum Gasteiger partial charge on any atom is -0.508 e. The van der Waals surface area contributed by atoms with E-state index >= 15 is 0 Å². The van der Waals surface area contributed by atoms with Crippen LogP contribution in [-0.2, 0) is 6.54 Å². The number of aromatic nitrogens is 1. The van der Waals surface area contributed by atoms with Crippen molar-refractivity contribution in [2.45, 2.75) is 32.7 Å². The average molecular weight is 469 g/mol. The van der Waals surface area contributed by atoms with E-state index in [1.165, 1.54) is 19.3 Å². The minimum atomic E-state index is 0.245. The molecular weight excluding hydrogens is 436 g/mol. The molecule has 5 nitrogen and oxygen atoms in total. The summed E-state index contributed by atoms with van der Waals surface area (Å²) < 4.78 is 8.29. The average Bonchev–Trinajstić information content (AvgIpc) is 3.01. The first-order chi connectivity index (χ1) is 17.1. The van der Waals surface area contributed by atoms with E-state index in [9.17, 15) is 10.2 Å². The molecule has 0 spiro atoms. The lowest BCUT2D eigenvalue weighted by molar-refractivity contribution is 0.254. The zero-order valence-electron chi connectivity index (χ0n) is 20.2. The van der Waals surface area contributed by atoms with Crippen molar-refractivity contribution >= 4 is 10.9 Å². The number of aryl methyl sites for hydroxylation is 1. The molecule has 0 fully saturated rings. The van der Waals surface area contributed by atoms with Gasteiger partial charge in [-0.25, -0.2) is 0 Å². The van der Waals surface area contributed by atoms with Gasteiger partial charge >= 0.3 is 0 Å². The molecule has 4 aromatic rings. The molecule has 0 unspecified atom stereocenters. The SMILES string of the molecule is Cc1c(-c2ccc(O)cc2)n(Cc2ccc(OCCN3C=CCCCC3)cc2)c2ccc(O)cc12. The van der Waals surface area contributed by atoms with Gasteiger partial charge in [-0.05, 0) is 104 Å². The van der Waals surface area contributed by atoms with Crippen LogP contribution in [0.4, 0.5) is 0 Å². The highest BCUT2D eigenvalue weighted by molar-refractivity contribution is 5.92. The van der Waals surface area contributed by atoms with Crippen LogP contribution in [0.1, 0.15) is 30.4 Å². The van der Waals surface area contributed by atoms with Gasteiger partial charge in [0.25, 0.3) is 0 Å². The van der Waals surface area contributed by atoms with Crippen molar-refractivity contribution in [3.05, 3.63) is 90.1 Å². The van der Waals surface area contributed by atoms with Crippen molar-refractivity contribution in [1.29, 1.82) is 0 Å². The quantitative estimate of drug-likeness (QED) is 0.327. The standard InChI is InChI=1S/C30H32N2O3/c1-22-28-20-26(34)12-15-29(28)32(30(22)24-8-10-25(33)11-9-24)21-23-6-13-27(14-7-23)35-19-18-31-16-4-2-3-5-17-31/h4,6-16,20,33-34H,2-3,5,17-19,21H2,1H3. The van der Waals surface area contributed by atoms with Gasteiger partial charge in [0, 0.05) is 24.0 Å². The number of fused-ring (bicyclic) bond motifs is 1. The van der Waals surface area contributed by atoms with Crippen molar-refractivity contribution in [2.75, 3.05) is 19.7 Å². The van der Waals surface area contributed by atoms with E-state index in [4.69, 9.17) is 4.74 Å². The maximum atomic E-state index is 10.1. The third-order valence-corrected chi connectivity index (χ3v) is 6.73. The second-order valence-corrected chi connectivity index (χ2v) is 9.22. The fraction of sp³-hybridized carbons (Fsp3) is 0.267. The Balaban J connectivity index is 1.36. The Morgan fingerprint density at radius 1 is 0.886 bits per heavy atom. The summed E-state index contributed by atoms with van der Waals surface area (Å²) in [7, 11) is 0. The number of ether oxygens (including phenoxy) is 1. The fourth-order valence-electron chi connectivity index (χ4n) is 4.88. The lowest BCUT2D eigenvalue weighted by Crippen LogP contribution is -2.23. The van der Waals surface area contributed by atoms with Crippen LogP contribution in [0.5, 0.6) is 17.2 Å². The van der Waals surface area contributed by atoms with Crippen molar-refractivity contribution in [3.8, 4) is 28.5 Å². The highest BCUT2D eigenvalue weighted by atomic mass is 16.5. The zero-order valence-corrected chi connectivity index (χ0v) is 20.2. The van der Waals surface area contributed by atoms with Crippen molar-refractivity contribution < 1.29 is 14.9 Å². The summed E-state index contributed by atoms with van der Waals surface area (Å²) in [6.07, 6.45) is 8.13. The van der Waals surface area contributed by atoms with Gasteiger partial charge in [0.1, 0.15) is 23.9 Å².